The van der Waals surface area contributed by atoms with E-state index in [0.717, 1.165) is 34.6 Å². The first-order valence-electron chi connectivity index (χ1n) is 10.1. The van der Waals surface area contributed by atoms with Crippen LogP contribution in [-0.4, -0.2) is 37.2 Å². The van der Waals surface area contributed by atoms with Gasteiger partial charge in [-0.1, -0.05) is 30.3 Å². The number of carbonyl (C=O) groups excluding carboxylic acids is 2. The van der Waals surface area contributed by atoms with Crippen molar-refractivity contribution in [1.82, 2.24) is 4.98 Å². The Morgan fingerprint density at radius 3 is 2.48 bits per heavy atom. The van der Waals surface area contributed by atoms with Gasteiger partial charge >= 0.3 is 11.9 Å². The van der Waals surface area contributed by atoms with Crippen molar-refractivity contribution in [2.75, 3.05) is 14.2 Å². The lowest BCUT2D eigenvalue weighted by Gasteiger charge is -2.15. The highest BCUT2D eigenvalue weighted by molar-refractivity contribution is 6.07. The molecule has 3 aromatic rings. The zero-order chi connectivity index (χ0) is 22.0. The molecule has 0 aliphatic heterocycles. The summed E-state index contributed by atoms with van der Waals surface area (Å²) in [5.41, 5.74) is 4.91. The number of hydrogen-bond acceptors (Lipinski definition) is 6. The highest BCUT2D eigenvalue weighted by Gasteiger charge is 2.29. The lowest BCUT2D eigenvalue weighted by molar-refractivity contribution is -0.149. The number of esters is 2. The van der Waals surface area contributed by atoms with Gasteiger partial charge in [-0.15, -0.1) is 0 Å². The molecule has 0 fully saturated rings. The van der Waals surface area contributed by atoms with E-state index < -0.39 is 18.0 Å². The minimum atomic E-state index is -0.990. The van der Waals surface area contributed by atoms with Crippen LogP contribution in [0.3, 0.4) is 0 Å². The molecule has 31 heavy (non-hydrogen) atoms. The number of allylic oxidation sites excluding steroid dienone is 1. The Morgan fingerprint density at radius 1 is 1.03 bits per heavy atom. The molecule has 2 aromatic carbocycles. The van der Waals surface area contributed by atoms with E-state index in [-0.39, 0.29) is 0 Å². The van der Waals surface area contributed by atoms with Crippen LogP contribution >= 0.6 is 0 Å². The molecule has 1 unspecified atom stereocenters. The first-order chi connectivity index (χ1) is 15.0. The van der Waals surface area contributed by atoms with Crippen molar-refractivity contribution in [3.05, 3.63) is 70.9 Å². The third kappa shape index (κ3) is 4.01. The number of aromatic nitrogens is 1. The maximum absolute atomic E-state index is 13.1. The molecule has 0 saturated heterocycles. The molecule has 6 nitrogen and oxygen atoms in total. The Kier molecular flexibility index (Phi) is 5.71. The quantitative estimate of drug-likeness (QED) is 0.571. The third-order valence-electron chi connectivity index (χ3n) is 5.42. The molecular formula is C25H23NO5. The number of para-hydroxylation sites is 1. The van der Waals surface area contributed by atoms with Crippen molar-refractivity contribution in [2.24, 2.45) is 0 Å². The monoisotopic (exact) mass is 417 g/mol. The Labute approximate surface area is 180 Å². The van der Waals surface area contributed by atoms with Gasteiger partial charge in [0, 0.05) is 5.39 Å². The summed E-state index contributed by atoms with van der Waals surface area (Å²) < 4.78 is 15.3. The second kappa shape index (κ2) is 8.60. The Bertz CT molecular complexity index is 1180. The van der Waals surface area contributed by atoms with Gasteiger partial charge in [0.15, 0.2) is 6.10 Å². The molecule has 158 valence electrons. The van der Waals surface area contributed by atoms with Gasteiger partial charge in [-0.05, 0) is 60.7 Å². The van der Waals surface area contributed by atoms with E-state index in [4.69, 9.17) is 14.5 Å². The number of carbonyl (C=O) groups is 2. The summed E-state index contributed by atoms with van der Waals surface area (Å²) in [7, 11) is 2.90. The van der Waals surface area contributed by atoms with Crippen LogP contribution in [0.4, 0.5) is 0 Å². The van der Waals surface area contributed by atoms with Crippen LogP contribution in [0, 0.1) is 0 Å². The maximum Gasteiger partial charge on any atom is 0.346 e. The molecular weight excluding hydrogens is 394 g/mol. The fourth-order valence-corrected chi connectivity index (χ4v) is 3.85. The molecule has 1 heterocycles. The molecule has 0 N–H and O–H groups in total. The molecule has 1 aliphatic rings. The highest BCUT2D eigenvalue weighted by atomic mass is 16.6. The summed E-state index contributed by atoms with van der Waals surface area (Å²) in [5, 5.41) is 0.717. The minimum Gasteiger partial charge on any atom is -0.497 e. The summed E-state index contributed by atoms with van der Waals surface area (Å²) in [6.45, 7) is 1.50. The number of hydrogen-bond donors (Lipinski definition) is 0. The maximum atomic E-state index is 13.1. The summed E-state index contributed by atoms with van der Waals surface area (Å²) in [6, 6.07) is 15.3. The van der Waals surface area contributed by atoms with Crippen LogP contribution in [0.2, 0.25) is 0 Å². The number of pyridine rings is 1. The fraction of sp³-hybridized carbons (Fsp3) is 0.240. The molecule has 0 radical (unpaired) electrons. The number of fused-ring (bicyclic) bond motifs is 2. The van der Waals surface area contributed by atoms with E-state index >= 15 is 0 Å². The molecule has 1 aromatic heterocycles. The zero-order valence-corrected chi connectivity index (χ0v) is 17.7. The predicted molar refractivity (Wildman–Crippen MR) is 118 cm³/mol. The SMILES string of the molecule is COC(=O)C(C)OC(=O)c1c2c(nc3ccccc13)/C(=C/c1ccc(OC)cc1)CC2. The van der Waals surface area contributed by atoms with Crippen molar-refractivity contribution in [3.63, 3.8) is 0 Å². The first kappa shape index (κ1) is 20.6. The van der Waals surface area contributed by atoms with Crippen molar-refractivity contribution in [3.8, 4) is 5.75 Å². The Balaban J connectivity index is 1.78. The van der Waals surface area contributed by atoms with E-state index in [1.54, 1.807) is 7.11 Å². The molecule has 0 bridgehead atoms. The van der Waals surface area contributed by atoms with E-state index in [0.29, 0.717) is 22.9 Å². The third-order valence-corrected chi connectivity index (χ3v) is 5.42. The van der Waals surface area contributed by atoms with Gasteiger partial charge in [0.05, 0.1) is 31.0 Å². The first-order valence-corrected chi connectivity index (χ1v) is 10.1. The normalized spacial score (nSPS) is 14.9. The summed E-state index contributed by atoms with van der Waals surface area (Å²) in [4.78, 5) is 29.7. The van der Waals surface area contributed by atoms with Crippen LogP contribution in [0.5, 0.6) is 5.75 Å². The highest BCUT2D eigenvalue weighted by Crippen LogP contribution is 2.38. The van der Waals surface area contributed by atoms with Crippen LogP contribution in [0.15, 0.2) is 48.5 Å². The Morgan fingerprint density at radius 2 is 1.77 bits per heavy atom. The van der Waals surface area contributed by atoms with Gasteiger partial charge < -0.3 is 14.2 Å². The van der Waals surface area contributed by atoms with Gasteiger partial charge in [-0.3, -0.25) is 0 Å². The van der Waals surface area contributed by atoms with E-state index in [1.165, 1.54) is 14.0 Å². The van der Waals surface area contributed by atoms with Crippen molar-refractivity contribution in [2.45, 2.75) is 25.9 Å². The number of ether oxygens (including phenoxy) is 3. The van der Waals surface area contributed by atoms with Crippen LogP contribution in [-0.2, 0) is 20.7 Å². The van der Waals surface area contributed by atoms with Crippen molar-refractivity contribution >= 4 is 34.5 Å². The molecule has 0 spiro atoms. The minimum absolute atomic E-state index is 0.467. The van der Waals surface area contributed by atoms with Gasteiger partial charge in [0.25, 0.3) is 0 Å². The second-order valence-corrected chi connectivity index (χ2v) is 7.34. The summed E-state index contributed by atoms with van der Waals surface area (Å²) in [6.07, 6.45) is 2.53. The average molecular weight is 417 g/mol. The molecule has 6 heteroatoms. The van der Waals surface area contributed by atoms with Gasteiger partial charge in [0.2, 0.25) is 0 Å². The molecule has 0 saturated carbocycles. The lowest BCUT2D eigenvalue weighted by Crippen LogP contribution is -2.26. The van der Waals surface area contributed by atoms with Crippen molar-refractivity contribution in [1.29, 1.82) is 0 Å². The topological polar surface area (TPSA) is 74.7 Å². The van der Waals surface area contributed by atoms with Gasteiger partial charge in [-0.25, -0.2) is 14.6 Å². The zero-order valence-electron chi connectivity index (χ0n) is 17.7. The summed E-state index contributed by atoms with van der Waals surface area (Å²) >= 11 is 0. The fourth-order valence-electron chi connectivity index (χ4n) is 3.85. The van der Waals surface area contributed by atoms with E-state index in [9.17, 15) is 9.59 Å². The second-order valence-electron chi connectivity index (χ2n) is 7.34. The standard InChI is InChI=1S/C25H23NO5/c1-15(24(27)30-3)31-25(28)22-19-6-4-5-7-21(19)26-23-17(10-13-20(22)23)14-16-8-11-18(29-2)12-9-16/h4-9,11-12,14-15H,10,13H2,1-3H3/b17-14+. The Hall–Kier alpha value is -3.67. The predicted octanol–water partition coefficient (Wildman–Crippen LogP) is 4.45. The van der Waals surface area contributed by atoms with Crippen LogP contribution in [0.1, 0.15) is 40.5 Å². The smallest absolute Gasteiger partial charge is 0.346 e. The van der Waals surface area contributed by atoms with Crippen molar-refractivity contribution < 1.29 is 23.8 Å². The van der Waals surface area contributed by atoms with Gasteiger partial charge in [0.1, 0.15) is 5.75 Å². The number of methoxy groups -OCH3 is 2. The number of rotatable bonds is 5. The number of nitrogens with zero attached hydrogens (tertiary/aromatic N) is 1. The molecule has 0 amide bonds. The van der Waals surface area contributed by atoms with Gasteiger partial charge in [-0.2, -0.15) is 0 Å². The largest absolute Gasteiger partial charge is 0.497 e. The van der Waals surface area contributed by atoms with Crippen LogP contribution in [0.25, 0.3) is 22.6 Å². The molecule has 1 atom stereocenters. The molecule has 4 rings (SSSR count). The summed E-state index contributed by atoms with van der Waals surface area (Å²) in [5.74, 6) is -0.343. The van der Waals surface area contributed by atoms with E-state index in [2.05, 4.69) is 10.8 Å². The molecule has 1 aliphatic carbocycles. The average Bonchev–Trinajstić information content (AvgIpc) is 3.19. The number of benzene rings is 2. The van der Waals surface area contributed by atoms with E-state index in [1.807, 2.05) is 48.5 Å². The van der Waals surface area contributed by atoms with Crippen LogP contribution < -0.4 is 4.74 Å². The lowest BCUT2D eigenvalue weighted by atomic mass is 10.0.